The number of hydrazone groups is 1. The van der Waals surface area contributed by atoms with Gasteiger partial charge in [0, 0.05) is 28.3 Å². The number of rotatable bonds is 6. The number of nitrogens with zero attached hydrogens (tertiary/aromatic N) is 2. The Balaban J connectivity index is 1.39. The Morgan fingerprint density at radius 3 is 2.27 bits per heavy atom. The molecule has 1 unspecified atom stereocenters. The summed E-state index contributed by atoms with van der Waals surface area (Å²) >= 11 is 1.65. The van der Waals surface area contributed by atoms with Crippen molar-refractivity contribution in [2.75, 3.05) is 16.8 Å². The molecule has 2 amide bonds. The Labute approximate surface area is 198 Å². The van der Waals surface area contributed by atoms with Gasteiger partial charge in [0.25, 0.3) is 5.91 Å². The van der Waals surface area contributed by atoms with Crippen molar-refractivity contribution in [3.05, 3.63) is 54.1 Å². The van der Waals surface area contributed by atoms with Crippen LogP contribution in [0.5, 0.6) is 0 Å². The van der Waals surface area contributed by atoms with E-state index in [2.05, 4.69) is 48.5 Å². The first-order chi connectivity index (χ1) is 15.7. The maximum Gasteiger partial charge on any atom is 0.271 e. The van der Waals surface area contributed by atoms with Gasteiger partial charge in [0.1, 0.15) is 5.71 Å². The maximum atomic E-state index is 12.7. The Hall–Kier alpha value is -2.65. The summed E-state index contributed by atoms with van der Waals surface area (Å²) in [5.41, 5.74) is 2.18. The highest BCUT2D eigenvalue weighted by Crippen LogP contribution is 2.30. The normalized spacial score (nSPS) is 20.1. The molecule has 2 aliphatic rings. The van der Waals surface area contributed by atoms with Crippen LogP contribution in [0, 0.1) is 0 Å². The van der Waals surface area contributed by atoms with E-state index >= 15 is 0 Å². The lowest BCUT2D eigenvalue weighted by molar-refractivity contribution is -0.133. The van der Waals surface area contributed by atoms with E-state index in [4.69, 9.17) is 0 Å². The third kappa shape index (κ3) is 5.83. The second-order valence-electron chi connectivity index (χ2n) is 8.65. The molecular formula is C24H27N3O4S2. The van der Waals surface area contributed by atoms with Gasteiger partial charge in [-0.1, -0.05) is 37.7 Å². The van der Waals surface area contributed by atoms with Crippen LogP contribution in [0.3, 0.4) is 0 Å². The average Bonchev–Trinajstić information content (AvgIpc) is 3.15. The fraction of sp³-hybridized carbons (Fsp3) is 0.375. The van der Waals surface area contributed by atoms with Gasteiger partial charge in [-0.15, -0.1) is 0 Å². The van der Waals surface area contributed by atoms with E-state index in [0.29, 0.717) is 18.0 Å². The van der Waals surface area contributed by atoms with Crippen LogP contribution in [0.25, 0.3) is 0 Å². The summed E-state index contributed by atoms with van der Waals surface area (Å²) in [5.74, 6) is -0.173. The second-order valence-corrected chi connectivity index (χ2v) is 12.0. The Morgan fingerprint density at radius 2 is 1.70 bits per heavy atom. The minimum absolute atomic E-state index is 0.0464. The summed E-state index contributed by atoms with van der Waals surface area (Å²) in [6.45, 7) is 4.34. The number of hydrogen-bond donors (Lipinski definition) is 1. The van der Waals surface area contributed by atoms with Crippen molar-refractivity contribution in [3.63, 3.8) is 0 Å². The number of sulfone groups is 1. The number of hydrogen-bond acceptors (Lipinski definition) is 6. The molecule has 1 atom stereocenters. The monoisotopic (exact) mass is 485 g/mol. The van der Waals surface area contributed by atoms with Crippen LogP contribution in [0.4, 0.5) is 5.69 Å². The maximum absolute atomic E-state index is 12.7. The second kappa shape index (κ2) is 9.69. The van der Waals surface area contributed by atoms with Crippen LogP contribution in [-0.2, 0) is 19.4 Å². The predicted molar refractivity (Wildman–Crippen MR) is 130 cm³/mol. The Kier molecular flexibility index (Phi) is 6.90. The van der Waals surface area contributed by atoms with Crippen molar-refractivity contribution in [2.45, 2.75) is 54.9 Å². The highest BCUT2D eigenvalue weighted by molar-refractivity contribution is 7.99. The SMILES string of the molecule is CC(C)c1ccc(Sc2ccc(NC(=O)C3=NN(C4CCS(=O)(=O)C4)C(=O)CC3)cc2)cc1. The number of nitrogens with one attached hydrogen (secondary N) is 1. The van der Waals surface area contributed by atoms with Crippen molar-refractivity contribution in [1.29, 1.82) is 0 Å². The van der Waals surface area contributed by atoms with E-state index in [9.17, 15) is 18.0 Å². The van der Waals surface area contributed by atoms with Gasteiger partial charge in [-0.25, -0.2) is 13.4 Å². The van der Waals surface area contributed by atoms with Gasteiger partial charge in [0.05, 0.1) is 17.5 Å². The van der Waals surface area contributed by atoms with Crippen LogP contribution in [0.1, 0.15) is 44.6 Å². The highest BCUT2D eigenvalue weighted by atomic mass is 32.2. The molecular weight excluding hydrogens is 458 g/mol. The average molecular weight is 486 g/mol. The molecule has 174 valence electrons. The third-order valence-electron chi connectivity index (χ3n) is 5.77. The molecule has 33 heavy (non-hydrogen) atoms. The molecule has 0 aliphatic carbocycles. The van der Waals surface area contributed by atoms with Crippen LogP contribution in [0.15, 0.2) is 63.4 Å². The van der Waals surface area contributed by atoms with E-state index in [1.807, 2.05) is 24.3 Å². The largest absolute Gasteiger partial charge is 0.321 e. The number of anilines is 1. The van der Waals surface area contributed by atoms with Crippen LogP contribution < -0.4 is 5.32 Å². The van der Waals surface area contributed by atoms with Crippen molar-refractivity contribution in [1.82, 2.24) is 5.01 Å². The van der Waals surface area contributed by atoms with E-state index < -0.39 is 15.9 Å². The lowest BCUT2D eigenvalue weighted by atomic mass is 10.0. The summed E-state index contributed by atoms with van der Waals surface area (Å²) in [7, 11) is -3.15. The number of carbonyl (C=O) groups excluding carboxylic acids is 2. The molecule has 0 spiro atoms. The van der Waals surface area contributed by atoms with Gasteiger partial charge in [-0.05, 0) is 54.3 Å². The van der Waals surface area contributed by atoms with Crippen LogP contribution in [0.2, 0.25) is 0 Å². The van der Waals surface area contributed by atoms with E-state index in [0.717, 1.165) is 9.79 Å². The first-order valence-corrected chi connectivity index (χ1v) is 13.6. The smallest absolute Gasteiger partial charge is 0.271 e. The summed E-state index contributed by atoms with van der Waals surface area (Å²) in [4.78, 5) is 27.2. The third-order valence-corrected chi connectivity index (χ3v) is 8.54. The van der Waals surface area contributed by atoms with Crippen LogP contribution >= 0.6 is 11.8 Å². The zero-order valence-corrected chi connectivity index (χ0v) is 20.3. The summed E-state index contributed by atoms with van der Waals surface area (Å²) in [5, 5.41) is 8.25. The molecule has 4 rings (SSSR count). The Morgan fingerprint density at radius 1 is 1.06 bits per heavy atom. The number of carbonyl (C=O) groups is 2. The number of amides is 2. The molecule has 7 nitrogen and oxygen atoms in total. The van der Waals surface area contributed by atoms with E-state index in [1.165, 1.54) is 10.6 Å². The lowest BCUT2D eigenvalue weighted by Crippen LogP contribution is -2.42. The minimum atomic E-state index is -3.15. The molecule has 1 saturated heterocycles. The summed E-state index contributed by atoms with van der Waals surface area (Å²) in [6.07, 6.45) is 0.737. The molecule has 0 aromatic heterocycles. The molecule has 2 aliphatic heterocycles. The molecule has 9 heteroatoms. The molecule has 2 aromatic carbocycles. The summed E-state index contributed by atoms with van der Waals surface area (Å²) < 4.78 is 23.5. The van der Waals surface area contributed by atoms with Gasteiger partial charge >= 0.3 is 0 Å². The molecule has 1 fully saturated rings. The lowest BCUT2D eigenvalue weighted by Gasteiger charge is -2.27. The van der Waals surface area contributed by atoms with Crippen molar-refractivity contribution in [3.8, 4) is 0 Å². The van der Waals surface area contributed by atoms with Crippen molar-refractivity contribution in [2.24, 2.45) is 5.10 Å². The first-order valence-electron chi connectivity index (χ1n) is 11.0. The molecule has 1 N–H and O–H groups in total. The fourth-order valence-corrected chi connectivity index (χ4v) is 6.36. The van der Waals surface area contributed by atoms with Gasteiger partial charge in [0.15, 0.2) is 9.84 Å². The minimum Gasteiger partial charge on any atom is -0.321 e. The molecule has 0 saturated carbocycles. The molecule has 0 radical (unpaired) electrons. The van der Waals surface area contributed by atoms with Crippen molar-refractivity contribution < 1.29 is 18.0 Å². The van der Waals surface area contributed by atoms with Crippen molar-refractivity contribution >= 4 is 44.8 Å². The summed E-state index contributed by atoms with van der Waals surface area (Å²) in [6, 6.07) is 15.6. The van der Waals surface area contributed by atoms with E-state index in [-0.39, 0.29) is 41.9 Å². The van der Waals surface area contributed by atoms with Gasteiger partial charge in [0.2, 0.25) is 5.91 Å². The first kappa shape index (κ1) is 23.5. The Bertz CT molecular complexity index is 1170. The van der Waals surface area contributed by atoms with Gasteiger partial charge < -0.3 is 5.32 Å². The topological polar surface area (TPSA) is 95.9 Å². The van der Waals surface area contributed by atoms with E-state index in [1.54, 1.807) is 11.8 Å². The standard InChI is InChI=1S/C24H27N3O4S2/c1-16(2)17-3-7-20(8-4-17)32-21-9-5-18(6-10-21)25-24(29)22-11-12-23(28)27(26-22)19-13-14-33(30,31)15-19/h3-10,16,19H,11-15H2,1-2H3,(H,25,29). The zero-order chi connectivity index (χ0) is 23.6. The van der Waals surface area contributed by atoms with Crippen LogP contribution in [-0.4, -0.2) is 48.5 Å². The quantitative estimate of drug-likeness (QED) is 0.666. The highest BCUT2D eigenvalue weighted by Gasteiger charge is 2.37. The van der Waals surface area contributed by atoms with Gasteiger partial charge in [-0.2, -0.15) is 5.10 Å². The van der Waals surface area contributed by atoms with Gasteiger partial charge in [-0.3, -0.25) is 9.59 Å². The molecule has 0 bridgehead atoms. The zero-order valence-electron chi connectivity index (χ0n) is 18.7. The fourth-order valence-electron chi connectivity index (χ4n) is 3.85. The molecule has 2 aromatic rings. The molecule has 2 heterocycles. The number of benzene rings is 2. The predicted octanol–water partition coefficient (Wildman–Crippen LogP) is 4.07.